The van der Waals surface area contributed by atoms with Crippen molar-refractivity contribution in [3.05, 3.63) is 64.9 Å². The van der Waals surface area contributed by atoms with Gasteiger partial charge in [-0.1, -0.05) is 0 Å². The van der Waals surface area contributed by atoms with Crippen LogP contribution in [0.3, 0.4) is 0 Å². The number of nitrogens with zero attached hydrogens (tertiary/aromatic N) is 1. The number of nitrogens with one attached hydrogen (secondary N) is 1. The van der Waals surface area contributed by atoms with Crippen LogP contribution in [0.5, 0.6) is 11.5 Å². The van der Waals surface area contributed by atoms with Gasteiger partial charge in [0.15, 0.2) is 0 Å². The van der Waals surface area contributed by atoms with E-state index in [0.29, 0.717) is 36.1 Å². The van der Waals surface area contributed by atoms with Crippen molar-refractivity contribution in [1.29, 1.82) is 0 Å². The predicted molar refractivity (Wildman–Crippen MR) is 123 cm³/mol. The average Bonchev–Trinajstić information content (AvgIpc) is 3.27. The topological polar surface area (TPSA) is 84.9 Å². The van der Waals surface area contributed by atoms with Gasteiger partial charge in [0.25, 0.3) is 15.9 Å². The Bertz CT molecular complexity index is 1120. The molecule has 9 heteroatoms. The minimum absolute atomic E-state index is 0.0441. The van der Waals surface area contributed by atoms with Crippen molar-refractivity contribution in [3.8, 4) is 11.5 Å². The van der Waals surface area contributed by atoms with E-state index in [-0.39, 0.29) is 9.77 Å². The van der Waals surface area contributed by atoms with Crippen molar-refractivity contribution < 1.29 is 22.7 Å². The molecule has 164 valence electrons. The van der Waals surface area contributed by atoms with Crippen LogP contribution in [0, 0.1) is 0 Å². The summed E-state index contributed by atoms with van der Waals surface area (Å²) >= 11 is 1.07. The fraction of sp³-hybridized carbons (Fsp3) is 0.227. The Labute approximate surface area is 186 Å². The summed E-state index contributed by atoms with van der Waals surface area (Å²) in [6, 6.07) is 15.1. The van der Waals surface area contributed by atoms with E-state index in [1.54, 1.807) is 53.9 Å². The molecule has 1 heterocycles. The molecule has 0 saturated carbocycles. The van der Waals surface area contributed by atoms with Crippen LogP contribution in [0.2, 0.25) is 0 Å². The van der Waals surface area contributed by atoms with E-state index in [2.05, 4.69) is 5.32 Å². The molecule has 0 bridgehead atoms. The van der Waals surface area contributed by atoms with Crippen LogP contribution in [0.15, 0.2) is 64.9 Å². The lowest BCUT2D eigenvalue weighted by atomic mass is 10.3. The van der Waals surface area contributed by atoms with Gasteiger partial charge in [-0.15, -0.1) is 11.3 Å². The van der Waals surface area contributed by atoms with E-state index in [9.17, 15) is 13.2 Å². The highest BCUT2D eigenvalue weighted by molar-refractivity contribution is 7.93. The molecule has 31 heavy (non-hydrogen) atoms. The number of carbonyl (C=O) groups is 1. The number of benzene rings is 2. The Kier molecular flexibility index (Phi) is 7.19. The Morgan fingerprint density at radius 3 is 2.03 bits per heavy atom. The molecule has 0 saturated heterocycles. The summed E-state index contributed by atoms with van der Waals surface area (Å²) in [6.07, 6.45) is 0. The van der Waals surface area contributed by atoms with E-state index in [4.69, 9.17) is 9.47 Å². The largest absolute Gasteiger partial charge is 0.494 e. The summed E-state index contributed by atoms with van der Waals surface area (Å²) in [6.45, 7) is 4.83. The van der Waals surface area contributed by atoms with E-state index >= 15 is 0 Å². The highest BCUT2D eigenvalue weighted by Gasteiger charge is 2.28. The molecule has 0 atom stereocenters. The Balaban J connectivity index is 1.80. The number of carbonyl (C=O) groups excluding carboxylic acids is 1. The molecule has 3 aromatic rings. The van der Waals surface area contributed by atoms with Crippen molar-refractivity contribution in [1.82, 2.24) is 0 Å². The second kappa shape index (κ2) is 9.84. The molecule has 1 amide bonds. The van der Waals surface area contributed by atoms with Crippen LogP contribution in [-0.4, -0.2) is 34.6 Å². The van der Waals surface area contributed by atoms with Crippen LogP contribution in [-0.2, 0) is 10.0 Å². The average molecular weight is 461 g/mol. The maximum Gasteiger partial charge on any atom is 0.267 e. The fourth-order valence-electron chi connectivity index (χ4n) is 2.86. The quantitative estimate of drug-likeness (QED) is 0.504. The summed E-state index contributed by atoms with van der Waals surface area (Å²) in [5, 5.41) is 4.33. The molecule has 3 rings (SSSR count). The third-order valence-corrected chi connectivity index (χ3v) is 7.28. The fourth-order valence-corrected chi connectivity index (χ4v) is 5.35. The van der Waals surface area contributed by atoms with Crippen molar-refractivity contribution in [2.24, 2.45) is 0 Å². The molecule has 0 aliphatic heterocycles. The first-order valence-corrected chi connectivity index (χ1v) is 12.0. The van der Waals surface area contributed by atoms with Crippen LogP contribution in [0.25, 0.3) is 0 Å². The highest BCUT2D eigenvalue weighted by atomic mass is 32.2. The second-order valence-corrected chi connectivity index (χ2v) is 9.28. The molecule has 0 spiro atoms. The maximum atomic E-state index is 13.2. The molecule has 0 fully saturated rings. The Hall–Kier alpha value is -3.04. The van der Waals surface area contributed by atoms with Crippen LogP contribution in [0.1, 0.15) is 23.5 Å². The Morgan fingerprint density at radius 1 is 0.935 bits per heavy atom. The van der Waals surface area contributed by atoms with Crippen molar-refractivity contribution in [2.75, 3.05) is 29.9 Å². The van der Waals surface area contributed by atoms with Gasteiger partial charge in [0.1, 0.15) is 21.3 Å². The van der Waals surface area contributed by atoms with Gasteiger partial charge in [0, 0.05) is 12.7 Å². The first-order chi connectivity index (χ1) is 14.9. The van der Waals surface area contributed by atoms with Gasteiger partial charge < -0.3 is 14.8 Å². The summed E-state index contributed by atoms with van der Waals surface area (Å²) in [5.74, 6) is 0.859. The van der Waals surface area contributed by atoms with Crippen LogP contribution >= 0.6 is 11.3 Å². The molecule has 2 aromatic carbocycles. The van der Waals surface area contributed by atoms with E-state index < -0.39 is 15.9 Å². The summed E-state index contributed by atoms with van der Waals surface area (Å²) in [4.78, 5) is 12.9. The lowest BCUT2D eigenvalue weighted by Gasteiger charge is -2.20. The van der Waals surface area contributed by atoms with E-state index in [0.717, 1.165) is 15.6 Å². The number of rotatable bonds is 9. The van der Waals surface area contributed by atoms with E-state index in [1.807, 2.05) is 13.8 Å². The van der Waals surface area contributed by atoms with Crippen molar-refractivity contribution in [3.63, 3.8) is 0 Å². The zero-order valence-electron chi connectivity index (χ0n) is 17.5. The Morgan fingerprint density at radius 2 is 1.48 bits per heavy atom. The summed E-state index contributed by atoms with van der Waals surface area (Å²) < 4.78 is 38.3. The van der Waals surface area contributed by atoms with Gasteiger partial charge in [-0.3, -0.25) is 9.10 Å². The molecular weight excluding hydrogens is 436 g/mol. The first kappa shape index (κ1) is 22.6. The standard InChI is InChI=1S/C22H24N2O5S2/c1-4-28-18-10-6-16(7-11-18)23-22(25)21-20(14-15-30-21)31(26,27)24(3)17-8-12-19(13-9-17)29-5-2/h6-15H,4-5H2,1-3H3,(H,23,25). The molecule has 0 aliphatic carbocycles. The summed E-state index contributed by atoms with van der Waals surface area (Å²) in [5.41, 5.74) is 1.01. The number of anilines is 2. The molecule has 0 aliphatic rings. The lowest BCUT2D eigenvalue weighted by Crippen LogP contribution is -2.28. The molecule has 1 aromatic heterocycles. The summed E-state index contributed by atoms with van der Waals surface area (Å²) in [7, 11) is -2.48. The molecule has 7 nitrogen and oxygen atoms in total. The zero-order valence-corrected chi connectivity index (χ0v) is 19.1. The first-order valence-electron chi connectivity index (χ1n) is 9.70. The number of hydrogen-bond donors (Lipinski definition) is 1. The molecule has 0 unspecified atom stereocenters. The molecule has 0 radical (unpaired) electrons. The predicted octanol–water partition coefficient (Wildman–Crippen LogP) is 4.62. The third kappa shape index (κ3) is 5.18. The monoisotopic (exact) mass is 460 g/mol. The smallest absolute Gasteiger partial charge is 0.267 e. The van der Waals surface area contributed by atoms with Crippen LogP contribution < -0.4 is 19.1 Å². The zero-order chi connectivity index (χ0) is 22.4. The number of sulfonamides is 1. The van der Waals surface area contributed by atoms with Gasteiger partial charge in [0.2, 0.25) is 0 Å². The van der Waals surface area contributed by atoms with Gasteiger partial charge in [-0.05, 0) is 73.8 Å². The normalized spacial score (nSPS) is 11.1. The third-order valence-electron chi connectivity index (χ3n) is 4.41. The number of amides is 1. The highest BCUT2D eigenvalue weighted by Crippen LogP contribution is 2.29. The van der Waals surface area contributed by atoms with Gasteiger partial charge in [0.05, 0.1) is 18.9 Å². The van der Waals surface area contributed by atoms with Gasteiger partial charge in [-0.2, -0.15) is 0 Å². The minimum atomic E-state index is -3.93. The SMILES string of the molecule is CCOc1ccc(NC(=O)c2sccc2S(=O)(=O)N(C)c2ccc(OCC)cc2)cc1. The maximum absolute atomic E-state index is 13.2. The van der Waals surface area contributed by atoms with Gasteiger partial charge in [-0.25, -0.2) is 8.42 Å². The number of thiophene rings is 1. The van der Waals surface area contributed by atoms with Crippen molar-refractivity contribution >= 4 is 38.6 Å². The minimum Gasteiger partial charge on any atom is -0.494 e. The van der Waals surface area contributed by atoms with E-state index in [1.165, 1.54) is 13.1 Å². The molecule has 1 N–H and O–H groups in total. The molecular formula is C22H24N2O5S2. The number of hydrogen-bond acceptors (Lipinski definition) is 6. The van der Waals surface area contributed by atoms with Gasteiger partial charge >= 0.3 is 0 Å². The van der Waals surface area contributed by atoms with Crippen molar-refractivity contribution in [2.45, 2.75) is 18.7 Å². The lowest BCUT2D eigenvalue weighted by molar-refractivity contribution is 0.102. The second-order valence-electron chi connectivity index (χ2n) is 6.42. The van der Waals surface area contributed by atoms with Crippen LogP contribution in [0.4, 0.5) is 11.4 Å². The number of ether oxygens (including phenoxy) is 2.